The number of carbonyl (C=O) groups excluding carboxylic acids is 1. The molecule has 1 aromatic heterocycles. The molecule has 0 aliphatic heterocycles. The van der Waals surface area contributed by atoms with Crippen LogP contribution in [0.3, 0.4) is 0 Å². The smallest absolute Gasteiger partial charge is 0.223 e. The molecule has 0 bridgehead atoms. The maximum Gasteiger partial charge on any atom is 0.223 e. The molecule has 26 heavy (non-hydrogen) atoms. The van der Waals surface area contributed by atoms with E-state index in [4.69, 9.17) is 0 Å². The molecule has 0 fully saturated rings. The van der Waals surface area contributed by atoms with Crippen LogP contribution in [-0.4, -0.2) is 21.4 Å². The van der Waals surface area contributed by atoms with Crippen molar-refractivity contribution in [3.05, 3.63) is 59.4 Å². The van der Waals surface area contributed by atoms with E-state index >= 15 is 0 Å². The molecule has 0 radical (unpaired) electrons. The molecule has 3 nitrogen and oxygen atoms in total. The predicted molar refractivity (Wildman–Crippen MR) is 109 cm³/mol. The second kappa shape index (κ2) is 9.07. The Labute approximate surface area is 159 Å². The highest BCUT2D eigenvalue weighted by Gasteiger charge is 2.24. The van der Waals surface area contributed by atoms with Gasteiger partial charge in [0, 0.05) is 30.9 Å². The van der Waals surface area contributed by atoms with Crippen LogP contribution in [0.2, 0.25) is 0 Å². The van der Waals surface area contributed by atoms with Gasteiger partial charge >= 0.3 is 0 Å². The molecular weight excluding hydrogens is 320 g/mol. The van der Waals surface area contributed by atoms with E-state index in [1.807, 2.05) is 0 Å². The van der Waals surface area contributed by atoms with Gasteiger partial charge in [0.25, 0.3) is 0 Å². The number of carbonyl (C=O) groups is 1. The summed E-state index contributed by atoms with van der Waals surface area (Å²) in [4.78, 5) is 14.9. The Bertz CT molecular complexity index is 715. The molecule has 0 spiro atoms. The van der Waals surface area contributed by atoms with Gasteiger partial charge in [-0.1, -0.05) is 57.5 Å². The lowest BCUT2D eigenvalue weighted by Gasteiger charge is -2.33. The molecule has 2 aromatic rings. The third kappa shape index (κ3) is 5.48. The van der Waals surface area contributed by atoms with Crippen LogP contribution in [0.1, 0.15) is 57.9 Å². The first-order valence-corrected chi connectivity index (χ1v) is 9.77. The minimum absolute atomic E-state index is 0.226. The van der Waals surface area contributed by atoms with Crippen molar-refractivity contribution < 1.29 is 4.79 Å². The lowest BCUT2D eigenvalue weighted by molar-refractivity contribution is -0.135. The molecule has 2 rings (SSSR count). The summed E-state index contributed by atoms with van der Waals surface area (Å²) in [6, 6.07) is 13.1. The lowest BCUT2D eigenvalue weighted by Crippen LogP contribution is -2.41. The number of benzene rings is 1. The van der Waals surface area contributed by atoms with Crippen LogP contribution in [0.25, 0.3) is 0 Å². The maximum atomic E-state index is 12.9. The van der Waals surface area contributed by atoms with Crippen molar-refractivity contribution >= 4 is 5.91 Å². The van der Waals surface area contributed by atoms with Crippen molar-refractivity contribution in [1.82, 2.24) is 9.47 Å². The summed E-state index contributed by atoms with van der Waals surface area (Å²) in [6.45, 7) is 14.4. The van der Waals surface area contributed by atoms with E-state index in [0.717, 1.165) is 6.54 Å². The molecular formula is C23H34N2O. The van der Waals surface area contributed by atoms with Gasteiger partial charge in [-0.2, -0.15) is 0 Å². The number of amides is 1. The van der Waals surface area contributed by atoms with E-state index in [9.17, 15) is 4.79 Å². The molecule has 0 aliphatic carbocycles. The molecule has 1 atom stereocenters. The summed E-state index contributed by atoms with van der Waals surface area (Å²) in [5, 5.41) is 0. The minimum atomic E-state index is 0.226. The van der Waals surface area contributed by atoms with E-state index in [1.54, 1.807) is 0 Å². The van der Waals surface area contributed by atoms with E-state index < -0.39 is 0 Å². The van der Waals surface area contributed by atoms with Crippen molar-refractivity contribution in [2.45, 2.75) is 67.1 Å². The Morgan fingerprint density at radius 1 is 1.08 bits per heavy atom. The standard InChI is InChI=1S/C23H34N2O/c1-17(2)13-23(26)25(20(6)18(3)4)16-22-11-8-12-24(22)15-21-10-7-9-19(5)14-21/h7-12,14,17-18,20H,13,15-16H2,1-6H3/t20-/m0/s1. The maximum absolute atomic E-state index is 12.9. The molecule has 1 aromatic carbocycles. The first kappa shape index (κ1) is 20.3. The Morgan fingerprint density at radius 2 is 1.81 bits per heavy atom. The third-order valence-electron chi connectivity index (χ3n) is 5.05. The number of rotatable bonds is 8. The van der Waals surface area contributed by atoms with Crippen molar-refractivity contribution in [1.29, 1.82) is 0 Å². The molecule has 0 N–H and O–H groups in total. The zero-order valence-corrected chi connectivity index (χ0v) is 17.2. The van der Waals surface area contributed by atoms with Gasteiger partial charge in [0.1, 0.15) is 0 Å². The summed E-state index contributed by atoms with van der Waals surface area (Å²) < 4.78 is 2.26. The van der Waals surface area contributed by atoms with E-state index in [1.165, 1.54) is 16.8 Å². The second-order valence-electron chi connectivity index (χ2n) is 8.22. The largest absolute Gasteiger partial charge is 0.345 e. The summed E-state index contributed by atoms with van der Waals surface area (Å²) in [5.41, 5.74) is 3.76. The van der Waals surface area contributed by atoms with Crippen LogP contribution in [0.4, 0.5) is 0 Å². The highest BCUT2D eigenvalue weighted by Crippen LogP contribution is 2.19. The fourth-order valence-corrected chi connectivity index (χ4v) is 3.21. The van der Waals surface area contributed by atoms with Gasteiger partial charge in [-0.3, -0.25) is 4.79 Å². The molecule has 0 aliphatic rings. The van der Waals surface area contributed by atoms with Gasteiger partial charge in [0.15, 0.2) is 0 Å². The molecule has 1 heterocycles. The molecule has 0 unspecified atom stereocenters. The number of aromatic nitrogens is 1. The number of nitrogens with zero attached hydrogens (tertiary/aromatic N) is 2. The quantitative estimate of drug-likeness (QED) is 0.634. The Balaban J connectivity index is 2.20. The van der Waals surface area contributed by atoms with Crippen molar-refractivity contribution in [2.75, 3.05) is 0 Å². The highest BCUT2D eigenvalue weighted by atomic mass is 16.2. The molecule has 0 saturated heterocycles. The van der Waals surface area contributed by atoms with Crippen LogP contribution in [0.15, 0.2) is 42.6 Å². The Hall–Kier alpha value is -2.03. The number of hydrogen-bond acceptors (Lipinski definition) is 1. The molecule has 3 heteroatoms. The average molecular weight is 355 g/mol. The molecule has 142 valence electrons. The monoisotopic (exact) mass is 354 g/mol. The van der Waals surface area contributed by atoms with Gasteiger partial charge in [-0.15, -0.1) is 0 Å². The van der Waals surface area contributed by atoms with Crippen LogP contribution >= 0.6 is 0 Å². The van der Waals surface area contributed by atoms with Crippen molar-refractivity contribution in [2.24, 2.45) is 11.8 Å². The Morgan fingerprint density at radius 3 is 2.42 bits per heavy atom. The van der Waals surface area contributed by atoms with Crippen LogP contribution in [0.5, 0.6) is 0 Å². The van der Waals surface area contributed by atoms with E-state index in [-0.39, 0.29) is 11.9 Å². The van der Waals surface area contributed by atoms with Crippen LogP contribution < -0.4 is 0 Å². The summed E-state index contributed by atoms with van der Waals surface area (Å²) in [6.07, 6.45) is 2.72. The summed E-state index contributed by atoms with van der Waals surface area (Å²) in [5.74, 6) is 1.07. The third-order valence-corrected chi connectivity index (χ3v) is 5.05. The number of hydrogen-bond donors (Lipinski definition) is 0. The van der Waals surface area contributed by atoms with E-state index in [2.05, 4.69) is 93.6 Å². The first-order valence-electron chi connectivity index (χ1n) is 9.77. The van der Waals surface area contributed by atoms with Gasteiger partial charge in [0.2, 0.25) is 5.91 Å². The normalized spacial score (nSPS) is 12.6. The molecule has 1 amide bonds. The van der Waals surface area contributed by atoms with Gasteiger partial charge in [-0.05, 0) is 43.4 Å². The zero-order valence-electron chi connectivity index (χ0n) is 17.2. The minimum Gasteiger partial charge on any atom is -0.345 e. The average Bonchev–Trinajstić information content (AvgIpc) is 2.98. The summed E-state index contributed by atoms with van der Waals surface area (Å²) in [7, 11) is 0. The molecule has 0 saturated carbocycles. The highest BCUT2D eigenvalue weighted by molar-refractivity contribution is 5.76. The summed E-state index contributed by atoms with van der Waals surface area (Å²) >= 11 is 0. The van der Waals surface area contributed by atoms with Crippen molar-refractivity contribution in [3.8, 4) is 0 Å². The fraction of sp³-hybridized carbons (Fsp3) is 0.522. The topological polar surface area (TPSA) is 25.2 Å². The fourth-order valence-electron chi connectivity index (χ4n) is 3.21. The van der Waals surface area contributed by atoms with Gasteiger partial charge in [0.05, 0.1) is 6.54 Å². The first-order chi connectivity index (χ1) is 12.3. The number of aryl methyl sites for hydroxylation is 1. The van der Waals surface area contributed by atoms with Crippen LogP contribution in [0, 0.1) is 18.8 Å². The predicted octanol–water partition coefficient (Wildman–Crippen LogP) is 5.26. The van der Waals surface area contributed by atoms with Crippen LogP contribution in [-0.2, 0) is 17.9 Å². The van der Waals surface area contributed by atoms with Crippen molar-refractivity contribution in [3.63, 3.8) is 0 Å². The van der Waals surface area contributed by atoms with Gasteiger partial charge < -0.3 is 9.47 Å². The zero-order chi connectivity index (χ0) is 19.3. The van der Waals surface area contributed by atoms with Gasteiger partial charge in [-0.25, -0.2) is 0 Å². The Kier molecular flexibility index (Phi) is 7.07. The SMILES string of the molecule is Cc1cccc(Cn2cccc2CN(C(=O)CC(C)C)[C@@H](C)C(C)C)c1. The lowest BCUT2D eigenvalue weighted by atomic mass is 10.0. The van der Waals surface area contributed by atoms with E-state index in [0.29, 0.717) is 24.8 Å². The second-order valence-corrected chi connectivity index (χ2v) is 8.22.